The molecule has 0 bridgehead atoms. The van der Waals surface area contributed by atoms with Gasteiger partial charge < -0.3 is 10.6 Å². The molecule has 4 rings (SSSR count). The summed E-state index contributed by atoms with van der Waals surface area (Å²) in [6.07, 6.45) is -6.50. The van der Waals surface area contributed by atoms with Gasteiger partial charge in [0, 0.05) is 26.1 Å². The summed E-state index contributed by atoms with van der Waals surface area (Å²) in [6, 6.07) is 1.01. The number of rotatable bonds is 7. The molecule has 3 N–H and O–H groups in total. The molecule has 9 nitrogen and oxygen atoms in total. The van der Waals surface area contributed by atoms with Gasteiger partial charge in [-0.2, -0.15) is 32.1 Å². The number of halogens is 6. The number of nitrogens with one attached hydrogen (secondary N) is 1. The maximum atomic E-state index is 13.9. The van der Waals surface area contributed by atoms with Crippen molar-refractivity contribution < 1.29 is 26.3 Å². The number of aromatic nitrogens is 7. The van der Waals surface area contributed by atoms with Crippen molar-refractivity contribution in [2.75, 3.05) is 23.7 Å². The van der Waals surface area contributed by atoms with Crippen LogP contribution in [0.4, 0.5) is 38.0 Å². The van der Waals surface area contributed by atoms with Crippen LogP contribution in [-0.2, 0) is 6.54 Å². The summed E-state index contributed by atoms with van der Waals surface area (Å²) in [6.45, 7) is 4.30. The molecular formula is C19H19F6N9. The van der Waals surface area contributed by atoms with Gasteiger partial charge in [0.1, 0.15) is 22.7 Å². The molecule has 0 atom stereocenters. The number of hydrogen-bond donors (Lipinski definition) is 2. The van der Waals surface area contributed by atoms with Crippen molar-refractivity contribution in [2.45, 2.75) is 38.9 Å². The number of nitrogens with zero attached hydrogens (tertiary/aromatic N) is 7. The number of anilines is 2. The third-order valence-corrected chi connectivity index (χ3v) is 5.31. The SMILES string of the molecule is CCN(CC)c1n[nH]c2nc(-c3nn(CCC(F)(F)C(F)(F)F)c4ncc(F)cc34)nc(N)c12. The van der Waals surface area contributed by atoms with Crippen molar-refractivity contribution in [1.82, 2.24) is 34.9 Å². The van der Waals surface area contributed by atoms with Gasteiger partial charge in [0.05, 0.1) is 11.6 Å². The number of nitrogens with two attached hydrogens (primary N) is 1. The number of nitrogen functional groups attached to an aromatic ring is 1. The quantitative estimate of drug-likeness (QED) is 0.380. The normalized spacial score (nSPS) is 12.7. The van der Waals surface area contributed by atoms with Crippen LogP contribution in [0.15, 0.2) is 12.3 Å². The first-order valence-electron chi connectivity index (χ1n) is 10.2. The summed E-state index contributed by atoms with van der Waals surface area (Å²) in [5.74, 6) is -5.25. The van der Waals surface area contributed by atoms with E-state index in [-0.39, 0.29) is 34.0 Å². The Labute approximate surface area is 188 Å². The average molecular weight is 487 g/mol. The first kappa shape index (κ1) is 23.5. The lowest BCUT2D eigenvalue weighted by atomic mass is 10.2. The number of H-pyrrole nitrogens is 1. The number of aromatic amines is 1. The largest absolute Gasteiger partial charge is 0.453 e. The van der Waals surface area contributed by atoms with Crippen molar-refractivity contribution in [3.05, 3.63) is 18.1 Å². The minimum atomic E-state index is -5.72. The first-order valence-corrected chi connectivity index (χ1v) is 10.2. The second-order valence-electron chi connectivity index (χ2n) is 7.42. The highest BCUT2D eigenvalue weighted by molar-refractivity contribution is 5.98. The monoisotopic (exact) mass is 487 g/mol. The molecule has 4 heterocycles. The van der Waals surface area contributed by atoms with Crippen molar-refractivity contribution in [2.24, 2.45) is 0 Å². The molecule has 34 heavy (non-hydrogen) atoms. The van der Waals surface area contributed by atoms with E-state index < -0.39 is 30.9 Å². The standard InChI is InChI=1S/C19H19F6N9/c1-3-33(4-2)17-11-13(26)28-15(29-14(11)30-31-17)12-10-7-9(20)8-27-16(10)34(32-12)6-5-18(21,22)19(23,24)25/h7-8H,3-6H2,1-2H3,(H3,26,28,29,30,31). The van der Waals surface area contributed by atoms with Gasteiger partial charge in [-0.25, -0.2) is 24.0 Å². The lowest BCUT2D eigenvalue weighted by molar-refractivity contribution is -0.285. The van der Waals surface area contributed by atoms with Crippen LogP contribution in [0.25, 0.3) is 33.6 Å². The van der Waals surface area contributed by atoms with Gasteiger partial charge in [-0.1, -0.05) is 0 Å². The lowest BCUT2D eigenvalue weighted by Crippen LogP contribution is -2.37. The van der Waals surface area contributed by atoms with E-state index in [9.17, 15) is 26.3 Å². The summed E-state index contributed by atoms with van der Waals surface area (Å²) in [4.78, 5) is 14.3. The summed E-state index contributed by atoms with van der Waals surface area (Å²) in [5.41, 5.74) is 6.21. The Morgan fingerprint density at radius 1 is 1.12 bits per heavy atom. The van der Waals surface area contributed by atoms with Crippen molar-refractivity contribution in [3.63, 3.8) is 0 Å². The van der Waals surface area contributed by atoms with Crippen LogP contribution in [0, 0.1) is 5.82 Å². The average Bonchev–Trinajstić information content (AvgIpc) is 3.34. The predicted molar refractivity (Wildman–Crippen MR) is 112 cm³/mol. The topological polar surface area (TPSA) is 114 Å². The van der Waals surface area contributed by atoms with E-state index in [1.54, 1.807) is 0 Å². The van der Waals surface area contributed by atoms with Crippen LogP contribution in [0.2, 0.25) is 0 Å². The molecule has 15 heteroatoms. The Morgan fingerprint density at radius 3 is 2.47 bits per heavy atom. The molecule has 182 valence electrons. The molecule has 4 aromatic heterocycles. The number of pyridine rings is 1. The molecule has 0 saturated heterocycles. The molecule has 0 fully saturated rings. The Balaban J connectivity index is 1.81. The van der Waals surface area contributed by atoms with E-state index in [4.69, 9.17) is 5.73 Å². The zero-order chi connectivity index (χ0) is 24.8. The van der Waals surface area contributed by atoms with Crippen LogP contribution in [0.1, 0.15) is 20.3 Å². The van der Waals surface area contributed by atoms with Gasteiger partial charge in [-0.05, 0) is 19.9 Å². The van der Waals surface area contributed by atoms with Gasteiger partial charge in [-0.15, -0.1) is 0 Å². The second kappa shape index (κ2) is 8.29. The van der Waals surface area contributed by atoms with Gasteiger partial charge >= 0.3 is 12.1 Å². The van der Waals surface area contributed by atoms with Crippen LogP contribution in [0.3, 0.4) is 0 Å². The Morgan fingerprint density at radius 2 is 1.82 bits per heavy atom. The zero-order valence-electron chi connectivity index (χ0n) is 18.0. The highest BCUT2D eigenvalue weighted by Crippen LogP contribution is 2.39. The van der Waals surface area contributed by atoms with Gasteiger partial charge in [0.2, 0.25) is 0 Å². The van der Waals surface area contributed by atoms with Crippen molar-refractivity contribution in [1.29, 1.82) is 0 Å². The lowest BCUT2D eigenvalue weighted by Gasteiger charge is -2.19. The molecule has 4 aromatic rings. The fraction of sp³-hybridized carbons (Fsp3) is 0.421. The van der Waals surface area contributed by atoms with Gasteiger partial charge in [-0.3, -0.25) is 5.10 Å². The van der Waals surface area contributed by atoms with E-state index in [0.717, 1.165) is 16.9 Å². The maximum Gasteiger partial charge on any atom is 0.453 e. The van der Waals surface area contributed by atoms with Crippen molar-refractivity contribution >= 4 is 33.7 Å². The second-order valence-corrected chi connectivity index (χ2v) is 7.42. The summed E-state index contributed by atoms with van der Waals surface area (Å²) < 4.78 is 79.4. The molecule has 0 aliphatic carbocycles. The van der Waals surface area contributed by atoms with E-state index in [1.807, 2.05) is 18.7 Å². The van der Waals surface area contributed by atoms with E-state index in [0.29, 0.717) is 24.3 Å². The molecule has 0 radical (unpaired) electrons. The summed E-state index contributed by atoms with van der Waals surface area (Å²) >= 11 is 0. The smallest absolute Gasteiger partial charge is 0.383 e. The molecular weight excluding hydrogens is 468 g/mol. The number of fused-ring (bicyclic) bond motifs is 2. The third kappa shape index (κ3) is 3.94. The fourth-order valence-electron chi connectivity index (χ4n) is 3.54. The minimum Gasteiger partial charge on any atom is -0.383 e. The number of alkyl halides is 5. The third-order valence-electron chi connectivity index (χ3n) is 5.31. The maximum absolute atomic E-state index is 13.9. The zero-order valence-corrected chi connectivity index (χ0v) is 18.0. The van der Waals surface area contributed by atoms with E-state index >= 15 is 0 Å². The number of aryl methyl sites for hydroxylation is 1. The Bertz CT molecular complexity index is 1340. The van der Waals surface area contributed by atoms with Crippen LogP contribution >= 0.6 is 0 Å². The van der Waals surface area contributed by atoms with E-state index in [2.05, 4.69) is 30.2 Å². The van der Waals surface area contributed by atoms with E-state index in [1.165, 1.54) is 0 Å². The van der Waals surface area contributed by atoms with Crippen LogP contribution in [-0.4, -0.2) is 60.1 Å². The van der Waals surface area contributed by atoms with Gasteiger partial charge in [0.25, 0.3) is 0 Å². The van der Waals surface area contributed by atoms with Crippen LogP contribution < -0.4 is 10.6 Å². The summed E-state index contributed by atoms with van der Waals surface area (Å²) in [7, 11) is 0. The molecule has 0 aliphatic heterocycles. The van der Waals surface area contributed by atoms with Gasteiger partial charge in [0.15, 0.2) is 22.9 Å². The molecule has 0 spiro atoms. The van der Waals surface area contributed by atoms with Crippen LogP contribution in [0.5, 0.6) is 0 Å². The highest BCUT2D eigenvalue weighted by Gasteiger charge is 2.56. The molecule has 0 aromatic carbocycles. The van der Waals surface area contributed by atoms with Crippen molar-refractivity contribution in [3.8, 4) is 11.5 Å². The predicted octanol–water partition coefficient (Wildman–Crippen LogP) is 3.92. The Hall–Kier alpha value is -3.65. The molecule has 0 aliphatic rings. The molecule has 0 amide bonds. The first-order chi connectivity index (χ1) is 16.0. The number of hydrogen-bond acceptors (Lipinski definition) is 7. The molecule has 0 saturated carbocycles. The minimum absolute atomic E-state index is 0.0255. The highest BCUT2D eigenvalue weighted by atomic mass is 19.4. The Kier molecular flexibility index (Phi) is 5.73. The fourth-order valence-corrected chi connectivity index (χ4v) is 3.54. The molecule has 0 unspecified atom stereocenters. The summed E-state index contributed by atoms with van der Waals surface area (Å²) in [5, 5.41) is 11.5.